The van der Waals surface area contributed by atoms with Crippen LogP contribution in [0.5, 0.6) is 0 Å². The van der Waals surface area contributed by atoms with E-state index in [1.165, 1.54) is 6.08 Å². The summed E-state index contributed by atoms with van der Waals surface area (Å²) in [4.78, 5) is 35.0. The van der Waals surface area contributed by atoms with Gasteiger partial charge in [-0.25, -0.2) is 4.98 Å². The van der Waals surface area contributed by atoms with Crippen LogP contribution >= 0.6 is 11.8 Å². The van der Waals surface area contributed by atoms with E-state index in [1.807, 2.05) is 84.9 Å². The van der Waals surface area contributed by atoms with Gasteiger partial charge in [0.2, 0.25) is 0 Å². The van der Waals surface area contributed by atoms with E-state index in [0.29, 0.717) is 21.2 Å². The van der Waals surface area contributed by atoms with Crippen molar-refractivity contribution in [2.75, 3.05) is 0 Å². The average molecular weight is 487 g/mol. The van der Waals surface area contributed by atoms with Crippen molar-refractivity contribution in [3.8, 4) is 22.5 Å². The number of H-pyrrole nitrogens is 1. The molecule has 0 saturated heterocycles. The van der Waals surface area contributed by atoms with Crippen LogP contribution in [-0.4, -0.2) is 21.5 Å². The summed E-state index contributed by atoms with van der Waals surface area (Å²) in [5.74, 6) is -0.468. The number of aromatic nitrogens is 2. The molecule has 174 valence electrons. The molecule has 1 heterocycles. The van der Waals surface area contributed by atoms with E-state index in [0.717, 1.165) is 34.3 Å². The number of hydrogen-bond acceptors (Lipinski definition) is 4. The molecule has 0 fully saturated rings. The maximum atomic E-state index is 13.5. The Morgan fingerprint density at radius 2 is 1.14 bits per heavy atom. The lowest BCUT2D eigenvalue weighted by atomic mass is 10.1. The van der Waals surface area contributed by atoms with Crippen molar-refractivity contribution < 1.29 is 9.59 Å². The number of rotatable bonds is 8. The molecular weight excluding hydrogens is 464 g/mol. The van der Waals surface area contributed by atoms with E-state index in [-0.39, 0.29) is 11.6 Å². The number of thioether (sulfide) groups is 1. The molecule has 5 rings (SSSR count). The zero-order chi connectivity index (χ0) is 24.7. The van der Waals surface area contributed by atoms with Crippen molar-refractivity contribution in [3.05, 3.63) is 143 Å². The van der Waals surface area contributed by atoms with E-state index in [1.54, 1.807) is 36.4 Å². The Labute approximate surface area is 213 Å². The standard InChI is InChI=1S/C31H22N2O2S/c34-26(22-13-5-1-6-14-22)21-27(30(35)25-19-11-4-12-20-25)36-31-32-28(23-15-7-2-8-16-23)29(33-31)24-17-9-3-10-18-24/h1-21H,(H,32,33)/b27-21+. The molecule has 0 saturated carbocycles. The number of Topliss-reactive ketones (excluding diaryl/α,β-unsaturated/α-hetero) is 1. The van der Waals surface area contributed by atoms with Crippen LogP contribution < -0.4 is 0 Å². The number of benzene rings is 4. The zero-order valence-corrected chi connectivity index (χ0v) is 20.1. The van der Waals surface area contributed by atoms with E-state index in [4.69, 9.17) is 4.98 Å². The maximum Gasteiger partial charge on any atom is 0.199 e. The van der Waals surface area contributed by atoms with Gasteiger partial charge in [0.05, 0.1) is 16.3 Å². The Bertz CT molecular complexity index is 1450. The highest BCUT2D eigenvalue weighted by Crippen LogP contribution is 2.35. The first-order valence-electron chi connectivity index (χ1n) is 11.5. The van der Waals surface area contributed by atoms with Gasteiger partial charge < -0.3 is 4.98 Å². The summed E-state index contributed by atoms with van der Waals surface area (Å²) in [5, 5.41) is 0.532. The second-order valence-electron chi connectivity index (χ2n) is 8.03. The van der Waals surface area contributed by atoms with Gasteiger partial charge in [-0.3, -0.25) is 9.59 Å². The molecule has 5 aromatic rings. The van der Waals surface area contributed by atoms with Crippen LogP contribution in [0.25, 0.3) is 22.5 Å². The van der Waals surface area contributed by atoms with Crippen molar-refractivity contribution in [2.45, 2.75) is 5.16 Å². The summed E-state index contributed by atoms with van der Waals surface area (Å²) < 4.78 is 0. The maximum absolute atomic E-state index is 13.5. The Morgan fingerprint density at radius 3 is 1.72 bits per heavy atom. The number of nitrogens with zero attached hydrogens (tertiary/aromatic N) is 1. The van der Waals surface area contributed by atoms with Gasteiger partial charge in [-0.1, -0.05) is 121 Å². The second kappa shape index (κ2) is 10.8. The smallest absolute Gasteiger partial charge is 0.199 e. The summed E-state index contributed by atoms with van der Waals surface area (Å²) in [6, 6.07) is 37.7. The molecule has 0 aliphatic heterocycles. The highest BCUT2D eigenvalue weighted by Gasteiger charge is 2.20. The van der Waals surface area contributed by atoms with Crippen molar-refractivity contribution in [3.63, 3.8) is 0 Å². The van der Waals surface area contributed by atoms with Crippen LogP contribution in [0.4, 0.5) is 0 Å². The Kier molecular flexibility index (Phi) is 7.01. The molecule has 0 unspecified atom stereocenters. The fourth-order valence-electron chi connectivity index (χ4n) is 3.80. The highest BCUT2D eigenvalue weighted by molar-refractivity contribution is 8.03. The average Bonchev–Trinajstić information content (AvgIpc) is 3.38. The number of ketones is 2. The molecule has 0 aliphatic rings. The fourth-order valence-corrected chi connectivity index (χ4v) is 4.68. The minimum Gasteiger partial charge on any atom is -0.332 e. The van der Waals surface area contributed by atoms with Gasteiger partial charge in [0.25, 0.3) is 0 Å². The Morgan fingerprint density at radius 1 is 0.639 bits per heavy atom. The van der Waals surface area contributed by atoms with Gasteiger partial charge in [0, 0.05) is 28.3 Å². The molecule has 4 nitrogen and oxygen atoms in total. The quantitative estimate of drug-likeness (QED) is 0.140. The number of hydrogen-bond donors (Lipinski definition) is 1. The van der Waals surface area contributed by atoms with Crippen molar-refractivity contribution in [2.24, 2.45) is 0 Å². The van der Waals surface area contributed by atoms with Gasteiger partial charge >= 0.3 is 0 Å². The van der Waals surface area contributed by atoms with Crippen LogP contribution in [0.15, 0.2) is 137 Å². The summed E-state index contributed by atoms with van der Waals surface area (Å²) in [6.07, 6.45) is 1.40. The lowest BCUT2D eigenvalue weighted by Crippen LogP contribution is -2.04. The van der Waals surface area contributed by atoms with Gasteiger partial charge in [0.15, 0.2) is 16.7 Å². The molecule has 36 heavy (non-hydrogen) atoms. The first-order valence-corrected chi connectivity index (χ1v) is 12.3. The van der Waals surface area contributed by atoms with Crippen molar-refractivity contribution >= 4 is 23.3 Å². The van der Waals surface area contributed by atoms with Crippen LogP contribution in [-0.2, 0) is 0 Å². The molecule has 1 N–H and O–H groups in total. The monoisotopic (exact) mass is 486 g/mol. The predicted molar refractivity (Wildman–Crippen MR) is 145 cm³/mol. The normalized spacial score (nSPS) is 11.3. The molecule has 5 heteroatoms. The van der Waals surface area contributed by atoms with Crippen LogP contribution in [0, 0.1) is 0 Å². The molecule has 0 amide bonds. The Balaban J connectivity index is 1.57. The summed E-state index contributed by atoms with van der Waals surface area (Å²) in [5.41, 5.74) is 4.60. The van der Waals surface area contributed by atoms with Gasteiger partial charge in [-0.2, -0.15) is 0 Å². The first kappa shape index (κ1) is 23.3. The number of carbonyl (C=O) groups excluding carboxylic acids is 2. The predicted octanol–water partition coefficient (Wildman–Crippen LogP) is 7.49. The van der Waals surface area contributed by atoms with E-state index < -0.39 is 0 Å². The third-order valence-corrected chi connectivity index (χ3v) is 6.49. The fraction of sp³-hybridized carbons (Fsp3) is 0. The highest BCUT2D eigenvalue weighted by atomic mass is 32.2. The van der Waals surface area contributed by atoms with Crippen molar-refractivity contribution in [1.29, 1.82) is 0 Å². The SMILES string of the molecule is O=C(/C=C(/Sc1nc(-c2ccccc2)c(-c2ccccc2)[nH]1)C(=O)c1ccccc1)c1ccccc1. The van der Waals surface area contributed by atoms with E-state index in [2.05, 4.69) is 4.98 Å². The van der Waals surface area contributed by atoms with Gasteiger partial charge in [0.1, 0.15) is 0 Å². The molecule has 0 aliphatic carbocycles. The molecule has 1 aromatic heterocycles. The van der Waals surface area contributed by atoms with Crippen LogP contribution in [0.3, 0.4) is 0 Å². The number of imidazole rings is 1. The largest absolute Gasteiger partial charge is 0.332 e. The van der Waals surface area contributed by atoms with Gasteiger partial charge in [-0.05, 0) is 11.8 Å². The van der Waals surface area contributed by atoms with E-state index >= 15 is 0 Å². The van der Waals surface area contributed by atoms with Crippen LogP contribution in [0.2, 0.25) is 0 Å². The number of aromatic amines is 1. The lowest BCUT2D eigenvalue weighted by molar-refractivity contribution is 0.101. The second-order valence-corrected chi connectivity index (χ2v) is 9.06. The number of carbonyl (C=O) groups is 2. The number of nitrogens with one attached hydrogen (secondary N) is 1. The third kappa shape index (κ3) is 5.27. The Hall–Kier alpha value is -4.48. The molecule has 0 radical (unpaired) electrons. The summed E-state index contributed by atoms with van der Waals surface area (Å²) >= 11 is 1.16. The molecule has 4 aromatic carbocycles. The summed E-state index contributed by atoms with van der Waals surface area (Å²) in [7, 11) is 0. The van der Waals surface area contributed by atoms with Crippen LogP contribution in [0.1, 0.15) is 20.7 Å². The van der Waals surface area contributed by atoms with Gasteiger partial charge in [-0.15, -0.1) is 0 Å². The van der Waals surface area contributed by atoms with E-state index in [9.17, 15) is 9.59 Å². The molecule has 0 spiro atoms. The number of allylic oxidation sites excluding steroid dienone is 2. The van der Waals surface area contributed by atoms with Crippen molar-refractivity contribution in [1.82, 2.24) is 9.97 Å². The topological polar surface area (TPSA) is 62.8 Å². The minimum atomic E-state index is -0.236. The minimum absolute atomic E-state index is 0.233. The molecular formula is C31H22N2O2S. The zero-order valence-electron chi connectivity index (χ0n) is 19.3. The molecule has 0 bridgehead atoms. The summed E-state index contributed by atoms with van der Waals surface area (Å²) in [6.45, 7) is 0. The lowest BCUT2D eigenvalue weighted by Gasteiger charge is -2.05. The first-order chi connectivity index (χ1) is 17.7. The molecule has 0 atom stereocenters. The third-order valence-electron chi connectivity index (χ3n) is 5.58.